The Morgan fingerprint density at radius 1 is 1.56 bits per heavy atom. The molecule has 0 saturated carbocycles. The molecule has 0 saturated heterocycles. The van der Waals surface area contributed by atoms with E-state index in [4.69, 9.17) is 0 Å². The van der Waals surface area contributed by atoms with E-state index in [0.29, 0.717) is 5.92 Å². The summed E-state index contributed by atoms with van der Waals surface area (Å²) < 4.78 is 0. The smallest absolute Gasteiger partial charge is 0.211 e. The Labute approximate surface area is 56.0 Å². The first-order valence-electron chi connectivity index (χ1n) is 3.29. The molecule has 0 aromatic rings. The van der Waals surface area contributed by atoms with Crippen LogP contribution in [0.1, 0.15) is 27.2 Å². The molecule has 2 atom stereocenters. The Hall–Kier alpha value is -0.620. The van der Waals surface area contributed by atoms with Crippen molar-refractivity contribution < 1.29 is 4.79 Å². The number of isocyanates is 1. The maximum atomic E-state index is 9.74. The first kappa shape index (κ1) is 8.38. The first-order chi connectivity index (χ1) is 4.22. The number of carbonyl (C=O) groups excluding carboxylic acids is 1. The maximum absolute atomic E-state index is 9.74. The Kier molecular flexibility index (Phi) is 3.98. The van der Waals surface area contributed by atoms with Crippen molar-refractivity contribution in [1.29, 1.82) is 0 Å². The summed E-state index contributed by atoms with van der Waals surface area (Å²) in [6.07, 6.45) is 2.62. The summed E-state index contributed by atoms with van der Waals surface area (Å²) in [4.78, 5) is 13.3. The van der Waals surface area contributed by atoms with Crippen LogP contribution in [0.4, 0.5) is 0 Å². The first-order valence-corrected chi connectivity index (χ1v) is 3.29. The minimum atomic E-state index is 0.132. The molecule has 0 aliphatic rings. The zero-order valence-corrected chi connectivity index (χ0v) is 6.22. The van der Waals surface area contributed by atoms with Gasteiger partial charge in [0, 0.05) is 0 Å². The van der Waals surface area contributed by atoms with Gasteiger partial charge in [-0.1, -0.05) is 20.3 Å². The second-order valence-corrected chi connectivity index (χ2v) is 2.35. The molecule has 0 bridgehead atoms. The molecule has 0 rings (SSSR count). The summed E-state index contributed by atoms with van der Waals surface area (Å²) in [6, 6.07) is 0.132. The number of hydrogen-bond donors (Lipinski definition) is 0. The molecule has 0 heterocycles. The second kappa shape index (κ2) is 4.28. The van der Waals surface area contributed by atoms with E-state index in [0.717, 1.165) is 6.42 Å². The highest BCUT2D eigenvalue weighted by Gasteiger charge is 2.06. The van der Waals surface area contributed by atoms with Gasteiger partial charge >= 0.3 is 0 Å². The lowest BCUT2D eigenvalue weighted by Gasteiger charge is -2.09. The Morgan fingerprint density at radius 3 is 2.44 bits per heavy atom. The molecule has 0 spiro atoms. The summed E-state index contributed by atoms with van der Waals surface area (Å²) in [5, 5.41) is 0. The van der Waals surface area contributed by atoms with Gasteiger partial charge in [0.25, 0.3) is 0 Å². The van der Waals surface area contributed by atoms with Crippen molar-refractivity contribution in [2.45, 2.75) is 33.2 Å². The van der Waals surface area contributed by atoms with Gasteiger partial charge in [-0.15, -0.1) is 0 Å². The highest BCUT2D eigenvalue weighted by molar-refractivity contribution is 5.33. The second-order valence-electron chi connectivity index (χ2n) is 2.35. The van der Waals surface area contributed by atoms with E-state index >= 15 is 0 Å². The van der Waals surface area contributed by atoms with Crippen LogP contribution in [0, 0.1) is 5.92 Å². The third kappa shape index (κ3) is 3.04. The molecule has 0 aliphatic carbocycles. The predicted octanol–water partition coefficient (Wildman–Crippen LogP) is 1.76. The van der Waals surface area contributed by atoms with Gasteiger partial charge in [-0.3, -0.25) is 0 Å². The zero-order valence-electron chi connectivity index (χ0n) is 6.22. The van der Waals surface area contributed by atoms with E-state index < -0.39 is 0 Å². The van der Waals surface area contributed by atoms with Crippen LogP contribution in [0.5, 0.6) is 0 Å². The standard InChI is InChI=1S/C7H13NO/c1-4-6(2)7(3)8-5-9/h6-7H,4H2,1-3H3/t6-,7+/m0/s1. The molecule has 0 amide bonds. The quantitative estimate of drug-likeness (QED) is 0.419. The normalized spacial score (nSPS) is 15.9. The number of aliphatic imine (C=N–C) groups is 1. The predicted molar refractivity (Wildman–Crippen MR) is 37.0 cm³/mol. The minimum Gasteiger partial charge on any atom is -0.211 e. The lowest BCUT2D eigenvalue weighted by atomic mass is 10.0. The molecule has 0 aliphatic heterocycles. The van der Waals surface area contributed by atoms with Crippen LogP contribution in [0.15, 0.2) is 4.99 Å². The summed E-state index contributed by atoms with van der Waals surface area (Å²) in [5.74, 6) is 0.492. The SMILES string of the molecule is CC[C@H](C)[C@@H](C)N=C=O. The topological polar surface area (TPSA) is 29.4 Å². The van der Waals surface area contributed by atoms with Gasteiger partial charge in [0.05, 0.1) is 6.04 Å². The van der Waals surface area contributed by atoms with Crippen molar-refractivity contribution >= 4 is 6.08 Å². The Balaban J connectivity index is 3.71. The number of rotatable bonds is 3. The van der Waals surface area contributed by atoms with Crippen LogP contribution in [0.2, 0.25) is 0 Å². The van der Waals surface area contributed by atoms with Crippen molar-refractivity contribution in [2.24, 2.45) is 10.9 Å². The number of nitrogens with zero attached hydrogens (tertiary/aromatic N) is 1. The number of hydrogen-bond acceptors (Lipinski definition) is 2. The van der Waals surface area contributed by atoms with Crippen molar-refractivity contribution in [1.82, 2.24) is 0 Å². The van der Waals surface area contributed by atoms with Crippen LogP contribution in [0.25, 0.3) is 0 Å². The van der Waals surface area contributed by atoms with Gasteiger partial charge in [-0.05, 0) is 12.8 Å². The maximum Gasteiger partial charge on any atom is 0.235 e. The van der Waals surface area contributed by atoms with Gasteiger partial charge in [0.1, 0.15) is 0 Å². The molecule has 9 heavy (non-hydrogen) atoms. The molecule has 0 radical (unpaired) electrons. The fourth-order valence-electron chi connectivity index (χ4n) is 0.551. The fourth-order valence-corrected chi connectivity index (χ4v) is 0.551. The Morgan fingerprint density at radius 2 is 2.11 bits per heavy atom. The fraction of sp³-hybridized carbons (Fsp3) is 0.857. The molecule has 0 N–H and O–H groups in total. The van der Waals surface area contributed by atoms with E-state index in [1.54, 1.807) is 6.08 Å². The van der Waals surface area contributed by atoms with Gasteiger partial charge < -0.3 is 0 Å². The van der Waals surface area contributed by atoms with E-state index in [-0.39, 0.29) is 6.04 Å². The summed E-state index contributed by atoms with van der Waals surface area (Å²) >= 11 is 0. The van der Waals surface area contributed by atoms with Crippen molar-refractivity contribution in [3.05, 3.63) is 0 Å². The monoisotopic (exact) mass is 127 g/mol. The van der Waals surface area contributed by atoms with Crippen LogP contribution < -0.4 is 0 Å². The van der Waals surface area contributed by atoms with Crippen molar-refractivity contribution in [2.75, 3.05) is 0 Å². The molecule has 0 unspecified atom stereocenters. The van der Waals surface area contributed by atoms with Gasteiger partial charge in [-0.25, -0.2) is 9.79 Å². The lowest BCUT2D eigenvalue weighted by molar-refractivity contribution is 0.466. The lowest BCUT2D eigenvalue weighted by Crippen LogP contribution is -2.09. The van der Waals surface area contributed by atoms with E-state index in [9.17, 15) is 4.79 Å². The molecule has 0 aromatic carbocycles. The highest BCUT2D eigenvalue weighted by Crippen LogP contribution is 2.08. The van der Waals surface area contributed by atoms with Crippen molar-refractivity contribution in [3.63, 3.8) is 0 Å². The van der Waals surface area contributed by atoms with Crippen LogP contribution in [-0.4, -0.2) is 12.1 Å². The average molecular weight is 127 g/mol. The molecular weight excluding hydrogens is 114 g/mol. The molecule has 2 heteroatoms. The van der Waals surface area contributed by atoms with Crippen molar-refractivity contribution in [3.8, 4) is 0 Å². The summed E-state index contributed by atoms with van der Waals surface area (Å²) in [6.45, 7) is 6.09. The molecule has 0 fully saturated rings. The van der Waals surface area contributed by atoms with Crippen LogP contribution >= 0.6 is 0 Å². The van der Waals surface area contributed by atoms with Crippen LogP contribution in [-0.2, 0) is 4.79 Å². The van der Waals surface area contributed by atoms with Gasteiger partial charge in [0.2, 0.25) is 6.08 Å². The Bertz CT molecular complexity index is 116. The van der Waals surface area contributed by atoms with E-state index in [1.165, 1.54) is 0 Å². The molecular formula is C7H13NO. The van der Waals surface area contributed by atoms with Gasteiger partial charge in [-0.2, -0.15) is 0 Å². The van der Waals surface area contributed by atoms with Crippen LogP contribution in [0.3, 0.4) is 0 Å². The third-order valence-electron chi connectivity index (χ3n) is 1.72. The third-order valence-corrected chi connectivity index (χ3v) is 1.72. The summed E-state index contributed by atoms with van der Waals surface area (Å²) in [7, 11) is 0. The van der Waals surface area contributed by atoms with Gasteiger partial charge in [0.15, 0.2) is 0 Å². The average Bonchev–Trinajstić information content (AvgIpc) is 1.87. The molecule has 0 aromatic heterocycles. The zero-order chi connectivity index (χ0) is 7.28. The minimum absolute atomic E-state index is 0.132. The van der Waals surface area contributed by atoms with E-state index in [1.807, 2.05) is 6.92 Å². The largest absolute Gasteiger partial charge is 0.235 e. The highest BCUT2D eigenvalue weighted by atomic mass is 16.1. The molecule has 52 valence electrons. The molecule has 2 nitrogen and oxygen atoms in total. The summed E-state index contributed by atoms with van der Waals surface area (Å²) in [5.41, 5.74) is 0. The van der Waals surface area contributed by atoms with E-state index in [2.05, 4.69) is 18.8 Å².